The summed E-state index contributed by atoms with van der Waals surface area (Å²) in [5, 5.41) is 17.9. The van der Waals surface area contributed by atoms with Gasteiger partial charge in [0.25, 0.3) is 0 Å². The van der Waals surface area contributed by atoms with Crippen LogP contribution in [0.25, 0.3) is 22.4 Å². The number of nitrogens with zero attached hydrogens (tertiary/aromatic N) is 2. The SMILES string of the molecule is Oc1[nH]c2ccccc2c1C=Nc1cc(-c2ccco2)[nH]n1. The summed E-state index contributed by atoms with van der Waals surface area (Å²) < 4.78 is 5.29. The smallest absolute Gasteiger partial charge is 0.198 e. The zero-order valence-corrected chi connectivity index (χ0v) is 11.4. The second kappa shape index (κ2) is 4.92. The minimum absolute atomic E-state index is 0.0896. The van der Waals surface area contributed by atoms with Crippen LogP contribution < -0.4 is 0 Å². The highest BCUT2D eigenvalue weighted by molar-refractivity contribution is 6.02. The van der Waals surface area contributed by atoms with Gasteiger partial charge in [0.1, 0.15) is 5.69 Å². The van der Waals surface area contributed by atoms with E-state index in [1.807, 2.05) is 36.4 Å². The van der Waals surface area contributed by atoms with Crippen molar-refractivity contribution in [3.05, 3.63) is 54.3 Å². The number of aromatic amines is 2. The van der Waals surface area contributed by atoms with Gasteiger partial charge < -0.3 is 14.5 Å². The van der Waals surface area contributed by atoms with Crippen molar-refractivity contribution in [1.82, 2.24) is 15.2 Å². The van der Waals surface area contributed by atoms with Crippen molar-refractivity contribution in [2.24, 2.45) is 4.99 Å². The van der Waals surface area contributed by atoms with Gasteiger partial charge in [-0.2, -0.15) is 5.10 Å². The van der Waals surface area contributed by atoms with E-state index in [9.17, 15) is 5.11 Å². The van der Waals surface area contributed by atoms with E-state index in [4.69, 9.17) is 4.42 Å². The van der Waals surface area contributed by atoms with Gasteiger partial charge in [-0.3, -0.25) is 5.10 Å². The molecule has 0 saturated heterocycles. The third kappa shape index (κ3) is 2.07. The molecule has 0 saturated carbocycles. The van der Waals surface area contributed by atoms with Crippen molar-refractivity contribution in [3.63, 3.8) is 0 Å². The molecule has 0 bridgehead atoms. The highest BCUT2D eigenvalue weighted by atomic mass is 16.3. The van der Waals surface area contributed by atoms with Crippen LogP contribution in [-0.4, -0.2) is 26.5 Å². The van der Waals surface area contributed by atoms with Gasteiger partial charge in [-0.1, -0.05) is 18.2 Å². The van der Waals surface area contributed by atoms with Crippen LogP contribution in [0, 0.1) is 0 Å². The normalized spacial score (nSPS) is 11.6. The monoisotopic (exact) mass is 292 g/mol. The minimum atomic E-state index is 0.0896. The summed E-state index contributed by atoms with van der Waals surface area (Å²) in [7, 11) is 0. The molecule has 3 heterocycles. The fraction of sp³-hybridized carbons (Fsp3) is 0. The van der Waals surface area contributed by atoms with Gasteiger partial charge in [0.05, 0.1) is 11.8 Å². The summed E-state index contributed by atoms with van der Waals surface area (Å²) >= 11 is 0. The Bertz CT molecular complexity index is 948. The Hall–Kier alpha value is -3.28. The molecule has 0 fully saturated rings. The van der Waals surface area contributed by atoms with Crippen molar-refractivity contribution >= 4 is 22.9 Å². The molecule has 6 nitrogen and oxygen atoms in total. The molecule has 0 unspecified atom stereocenters. The maximum absolute atomic E-state index is 9.98. The lowest BCUT2D eigenvalue weighted by Crippen LogP contribution is -1.78. The molecule has 1 aromatic carbocycles. The number of aromatic nitrogens is 3. The van der Waals surface area contributed by atoms with E-state index in [1.165, 1.54) is 0 Å². The summed E-state index contributed by atoms with van der Waals surface area (Å²) in [4.78, 5) is 7.21. The highest BCUT2D eigenvalue weighted by Gasteiger charge is 2.09. The average molecular weight is 292 g/mol. The molecule has 108 valence electrons. The quantitative estimate of drug-likeness (QED) is 0.504. The molecule has 0 atom stereocenters. The fourth-order valence-electron chi connectivity index (χ4n) is 2.35. The Balaban J connectivity index is 1.68. The van der Waals surface area contributed by atoms with Crippen LogP contribution in [-0.2, 0) is 0 Å². The predicted molar refractivity (Wildman–Crippen MR) is 83.5 cm³/mol. The molecule has 22 heavy (non-hydrogen) atoms. The molecule has 0 amide bonds. The number of furan rings is 1. The zero-order valence-electron chi connectivity index (χ0n) is 11.4. The first-order valence-electron chi connectivity index (χ1n) is 6.74. The summed E-state index contributed by atoms with van der Waals surface area (Å²) in [5.74, 6) is 1.30. The van der Waals surface area contributed by atoms with E-state index in [0.29, 0.717) is 17.1 Å². The fourth-order valence-corrected chi connectivity index (χ4v) is 2.35. The zero-order chi connectivity index (χ0) is 14.9. The number of benzene rings is 1. The molecule has 0 aliphatic carbocycles. The molecule has 4 rings (SSSR count). The molecule has 4 aromatic rings. The maximum Gasteiger partial charge on any atom is 0.198 e. The Labute approximate surface area is 125 Å². The number of hydrogen-bond donors (Lipinski definition) is 3. The number of aromatic hydroxyl groups is 1. The van der Waals surface area contributed by atoms with Crippen LogP contribution in [0.1, 0.15) is 5.56 Å². The first kappa shape index (κ1) is 12.5. The summed E-state index contributed by atoms with van der Waals surface area (Å²) in [5.41, 5.74) is 2.25. The molecule has 0 spiro atoms. The first-order chi connectivity index (χ1) is 10.8. The average Bonchev–Trinajstić information content (AvgIpc) is 3.24. The molecule has 0 aliphatic rings. The number of H-pyrrole nitrogens is 2. The number of rotatable bonds is 3. The molecular weight excluding hydrogens is 280 g/mol. The Morgan fingerprint density at radius 1 is 1.18 bits per heavy atom. The number of para-hydroxylation sites is 1. The third-order valence-corrected chi connectivity index (χ3v) is 3.40. The van der Waals surface area contributed by atoms with Crippen LogP contribution in [0.15, 0.2) is 58.1 Å². The Morgan fingerprint density at radius 2 is 2.09 bits per heavy atom. The largest absolute Gasteiger partial charge is 0.494 e. The third-order valence-electron chi connectivity index (χ3n) is 3.40. The highest BCUT2D eigenvalue weighted by Crippen LogP contribution is 2.26. The van der Waals surface area contributed by atoms with Gasteiger partial charge in [0, 0.05) is 23.2 Å². The van der Waals surface area contributed by atoms with Gasteiger partial charge in [0.2, 0.25) is 0 Å². The molecule has 3 N–H and O–H groups in total. The van der Waals surface area contributed by atoms with Crippen LogP contribution >= 0.6 is 0 Å². The van der Waals surface area contributed by atoms with Crippen LogP contribution in [0.2, 0.25) is 0 Å². The van der Waals surface area contributed by atoms with Crippen molar-refractivity contribution in [2.75, 3.05) is 0 Å². The van der Waals surface area contributed by atoms with E-state index in [-0.39, 0.29) is 5.88 Å². The summed E-state index contributed by atoms with van der Waals surface area (Å²) in [6.45, 7) is 0. The van der Waals surface area contributed by atoms with E-state index in [1.54, 1.807) is 18.5 Å². The Morgan fingerprint density at radius 3 is 2.95 bits per heavy atom. The van der Waals surface area contributed by atoms with E-state index in [2.05, 4.69) is 20.2 Å². The van der Waals surface area contributed by atoms with E-state index in [0.717, 1.165) is 16.6 Å². The number of fused-ring (bicyclic) bond motifs is 1. The predicted octanol–water partition coefficient (Wildman–Crippen LogP) is 3.61. The number of hydrogen-bond acceptors (Lipinski definition) is 4. The van der Waals surface area contributed by atoms with Crippen LogP contribution in [0.5, 0.6) is 5.88 Å². The number of aliphatic imine (C=N–C) groups is 1. The second-order valence-electron chi connectivity index (χ2n) is 4.81. The lowest BCUT2D eigenvalue weighted by atomic mass is 10.2. The van der Waals surface area contributed by atoms with Crippen molar-refractivity contribution in [3.8, 4) is 17.3 Å². The van der Waals surface area contributed by atoms with Gasteiger partial charge >= 0.3 is 0 Å². The lowest BCUT2D eigenvalue weighted by molar-refractivity contribution is 0.457. The molecule has 0 radical (unpaired) electrons. The number of nitrogens with one attached hydrogen (secondary N) is 2. The van der Waals surface area contributed by atoms with Crippen molar-refractivity contribution < 1.29 is 9.52 Å². The van der Waals surface area contributed by atoms with Gasteiger partial charge in [0.15, 0.2) is 17.5 Å². The Kier molecular flexibility index (Phi) is 2.79. The van der Waals surface area contributed by atoms with Crippen LogP contribution in [0.3, 0.4) is 0 Å². The maximum atomic E-state index is 9.98. The topological polar surface area (TPSA) is 90.2 Å². The summed E-state index contributed by atoms with van der Waals surface area (Å²) in [6, 6.07) is 13.1. The minimum Gasteiger partial charge on any atom is -0.494 e. The van der Waals surface area contributed by atoms with E-state index >= 15 is 0 Å². The molecule has 3 aromatic heterocycles. The van der Waals surface area contributed by atoms with Gasteiger partial charge in [-0.25, -0.2) is 4.99 Å². The van der Waals surface area contributed by atoms with Gasteiger partial charge in [-0.15, -0.1) is 0 Å². The van der Waals surface area contributed by atoms with Crippen molar-refractivity contribution in [1.29, 1.82) is 0 Å². The lowest BCUT2D eigenvalue weighted by Gasteiger charge is -1.90. The van der Waals surface area contributed by atoms with E-state index < -0.39 is 0 Å². The van der Waals surface area contributed by atoms with Crippen LogP contribution in [0.4, 0.5) is 5.82 Å². The molecule has 6 heteroatoms. The second-order valence-corrected chi connectivity index (χ2v) is 4.81. The van der Waals surface area contributed by atoms with Gasteiger partial charge in [-0.05, 0) is 18.2 Å². The first-order valence-corrected chi connectivity index (χ1v) is 6.74. The molecule has 0 aliphatic heterocycles. The molecular formula is C16H12N4O2. The standard InChI is InChI=1S/C16H12N4O2/c21-16-11(10-4-1-2-5-12(10)18-16)9-17-15-8-13(19-20-15)14-6-3-7-22-14/h1-9,18,21H,(H,19,20). The summed E-state index contributed by atoms with van der Waals surface area (Å²) in [6.07, 6.45) is 3.19. The van der Waals surface area contributed by atoms with Crippen molar-refractivity contribution in [2.45, 2.75) is 0 Å².